The van der Waals surface area contributed by atoms with Crippen LogP contribution in [0.15, 0.2) is 34.1 Å². The molecule has 19 heavy (non-hydrogen) atoms. The molecule has 1 aromatic rings. The van der Waals surface area contributed by atoms with Gasteiger partial charge in [-0.25, -0.2) is 8.42 Å². The first-order valence-electron chi connectivity index (χ1n) is 5.95. The van der Waals surface area contributed by atoms with Gasteiger partial charge in [0.15, 0.2) is 0 Å². The lowest BCUT2D eigenvalue weighted by molar-refractivity contribution is -0.133. The zero-order valence-corrected chi connectivity index (χ0v) is 11.9. The molecule has 7 heteroatoms. The zero-order valence-electron chi connectivity index (χ0n) is 10.3. The molecular weight excluding hydrogens is 286 g/mol. The number of carbonyl (C=O) groups is 1. The fraction of sp³-hybridized carbons (Fsp3) is 0.417. The highest BCUT2D eigenvalue weighted by molar-refractivity contribution is 8.00. The molecule has 0 radical (unpaired) electrons. The van der Waals surface area contributed by atoms with E-state index in [0.717, 1.165) is 17.7 Å². The normalized spacial score (nSPS) is 16.6. The van der Waals surface area contributed by atoms with Gasteiger partial charge < -0.3 is 5.11 Å². The molecule has 2 rings (SSSR count). The van der Waals surface area contributed by atoms with Crippen molar-refractivity contribution in [2.75, 3.05) is 18.8 Å². The van der Waals surface area contributed by atoms with Gasteiger partial charge in [-0.1, -0.05) is 0 Å². The second kappa shape index (κ2) is 5.94. The Kier molecular flexibility index (Phi) is 4.49. The van der Waals surface area contributed by atoms with Crippen LogP contribution in [0.2, 0.25) is 0 Å². The number of benzene rings is 1. The monoisotopic (exact) mass is 301 g/mol. The number of rotatable bonds is 5. The Labute approximate surface area is 116 Å². The summed E-state index contributed by atoms with van der Waals surface area (Å²) >= 11 is 1.17. The SMILES string of the molecule is O=C(O)CSc1ccc(S(=O)(=O)N2CCCC2)cc1. The molecule has 5 nitrogen and oxygen atoms in total. The van der Waals surface area contributed by atoms with Crippen LogP contribution in [-0.2, 0) is 14.8 Å². The lowest BCUT2D eigenvalue weighted by Crippen LogP contribution is -2.27. The number of hydrogen-bond donors (Lipinski definition) is 1. The molecule has 1 fully saturated rings. The number of carboxylic acids is 1. The summed E-state index contributed by atoms with van der Waals surface area (Å²) < 4.78 is 26.0. The molecule has 0 aromatic heterocycles. The van der Waals surface area contributed by atoms with Crippen molar-refractivity contribution in [2.24, 2.45) is 0 Å². The maximum Gasteiger partial charge on any atom is 0.313 e. The smallest absolute Gasteiger partial charge is 0.313 e. The molecule has 0 atom stereocenters. The summed E-state index contributed by atoms with van der Waals surface area (Å²) in [6, 6.07) is 6.38. The summed E-state index contributed by atoms with van der Waals surface area (Å²) in [6.07, 6.45) is 1.82. The lowest BCUT2D eigenvalue weighted by atomic mass is 10.4. The van der Waals surface area contributed by atoms with Crippen LogP contribution in [-0.4, -0.2) is 42.6 Å². The van der Waals surface area contributed by atoms with Crippen molar-refractivity contribution in [1.29, 1.82) is 0 Å². The third kappa shape index (κ3) is 3.49. The predicted octanol–water partition coefficient (Wildman–Crippen LogP) is 1.65. The topological polar surface area (TPSA) is 74.7 Å². The van der Waals surface area contributed by atoms with E-state index >= 15 is 0 Å². The van der Waals surface area contributed by atoms with Gasteiger partial charge in [-0.15, -0.1) is 11.8 Å². The van der Waals surface area contributed by atoms with Crippen molar-refractivity contribution in [3.63, 3.8) is 0 Å². The zero-order chi connectivity index (χ0) is 13.9. The van der Waals surface area contributed by atoms with Gasteiger partial charge in [0.25, 0.3) is 0 Å². The maximum atomic E-state index is 12.2. The van der Waals surface area contributed by atoms with Gasteiger partial charge in [0.1, 0.15) is 0 Å². The lowest BCUT2D eigenvalue weighted by Gasteiger charge is -2.15. The summed E-state index contributed by atoms with van der Waals surface area (Å²) in [5, 5.41) is 8.58. The van der Waals surface area contributed by atoms with Gasteiger partial charge in [0.2, 0.25) is 10.0 Å². The van der Waals surface area contributed by atoms with Crippen LogP contribution in [0.25, 0.3) is 0 Å². The molecule has 0 amide bonds. The average molecular weight is 301 g/mol. The average Bonchev–Trinajstić information content (AvgIpc) is 2.91. The number of aliphatic carboxylic acids is 1. The van der Waals surface area contributed by atoms with Crippen LogP contribution in [0.4, 0.5) is 0 Å². The minimum Gasteiger partial charge on any atom is -0.481 e. The number of carboxylic acid groups (broad SMARTS) is 1. The largest absolute Gasteiger partial charge is 0.481 e. The Hall–Kier alpha value is -1.05. The highest BCUT2D eigenvalue weighted by atomic mass is 32.2. The minimum atomic E-state index is -3.38. The number of hydrogen-bond acceptors (Lipinski definition) is 4. The molecule has 1 aliphatic rings. The van der Waals surface area contributed by atoms with Gasteiger partial charge >= 0.3 is 5.97 Å². The summed E-state index contributed by atoms with van der Waals surface area (Å²) in [6.45, 7) is 1.16. The van der Waals surface area contributed by atoms with E-state index in [1.54, 1.807) is 12.1 Å². The fourth-order valence-corrected chi connectivity index (χ4v) is 4.07. The molecule has 1 N–H and O–H groups in total. The summed E-state index contributed by atoms with van der Waals surface area (Å²) in [5.74, 6) is -0.920. The van der Waals surface area contributed by atoms with Crippen LogP contribution in [0.5, 0.6) is 0 Å². The Bertz CT molecular complexity index is 548. The first kappa shape index (κ1) is 14.4. The van der Waals surface area contributed by atoms with E-state index in [9.17, 15) is 13.2 Å². The molecule has 1 aliphatic heterocycles. The van der Waals surface area contributed by atoms with Crippen molar-refractivity contribution in [3.05, 3.63) is 24.3 Å². The van der Waals surface area contributed by atoms with E-state index in [2.05, 4.69) is 0 Å². The van der Waals surface area contributed by atoms with Gasteiger partial charge in [0, 0.05) is 18.0 Å². The van der Waals surface area contributed by atoms with E-state index < -0.39 is 16.0 Å². The first-order chi connectivity index (χ1) is 9.00. The second-order valence-electron chi connectivity index (χ2n) is 4.27. The summed E-state index contributed by atoms with van der Waals surface area (Å²) in [5.41, 5.74) is 0. The predicted molar refractivity (Wildman–Crippen MR) is 72.8 cm³/mol. The maximum absolute atomic E-state index is 12.2. The summed E-state index contributed by atoms with van der Waals surface area (Å²) in [7, 11) is -3.38. The third-order valence-corrected chi connectivity index (χ3v) is 5.80. The number of nitrogens with zero attached hydrogens (tertiary/aromatic N) is 1. The van der Waals surface area contributed by atoms with Crippen LogP contribution < -0.4 is 0 Å². The first-order valence-corrected chi connectivity index (χ1v) is 8.37. The van der Waals surface area contributed by atoms with Crippen molar-refractivity contribution in [3.8, 4) is 0 Å². The second-order valence-corrected chi connectivity index (χ2v) is 7.25. The van der Waals surface area contributed by atoms with E-state index in [4.69, 9.17) is 5.11 Å². The van der Waals surface area contributed by atoms with E-state index in [1.807, 2.05) is 0 Å². The molecule has 0 unspecified atom stereocenters. The molecule has 0 saturated carbocycles. The van der Waals surface area contributed by atoms with Crippen molar-refractivity contribution in [2.45, 2.75) is 22.6 Å². The van der Waals surface area contributed by atoms with E-state index in [0.29, 0.717) is 13.1 Å². The Morgan fingerprint density at radius 3 is 2.32 bits per heavy atom. The third-order valence-electron chi connectivity index (χ3n) is 2.89. The Morgan fingerprint density at radius 2 is 1.79 bits per heavy atom. The van der Waals surface area contributed by atoms with Crippen molar-refractivity contribution >= 4 is 27.8 Å². The van der Waals surface area contributed by atoms with E-state index in [1.165, 1.54) is 28.2 Å². The van der Waals surface area contributed by atoms with Gasteiger partial charge in [0.05, 0.1) is 10.6 Å². The molecule has 0 aliphatic carbocycles. The highest BCUT2D eigenvalue weighted by Crippen LogP contribution is 2.24. The number of sulfonamides is 1. The molecule has 0 bridgehead atoms. The van der Waals surface area contributed by atoms with Gasteiger partial charge in [-0.05, 0) is 37.1 Å². The van der Waals surface area contributed by atoms with Crippen LogP contribution in [0.3, 0.4) is 0 Å². The Balaban J connectivity index is 2.11. The molecule has 1 aromatic carbocycles. The van der Waals surface area contributed by atoms with Crippen LogP contribution in [0, 0.1) is 0 Å². The van der Waals surface area contributed by atoms with Crippen molar-refractivity contribution < 1.29 is 18.3 Å². The summed E-state index contributed by atoms with van der Waals surface area (Å²) in [4.78, 5) is 11.5. The number of thioether (sulfide) groups is 1. The van der Waals surface area contributed by atoms with E-state index in [-0.39, 0.29) is 10.6 Å². The van der Waals surface area contributed by atoms with Crippen LogP contribution >= 0.6 is 11.8 Å². The molecule has 1 heterocycles. The minimum absolute atomic E-state index is 0.0295. The Morgan fingerprint density at radius 1 is 1.21 bits per heavy atom. The quantitative estimate of drug-likeness (QED) is 0.837. The highest BCUT2D eigenvalue weighted by Gasteiger charge is 2.26. The molecule has 1 saturated heterocycles. The standard InChI is InChI=1S/C12H15NO4S2/c14-12(15)9-18-10-3-5-11(6-4-10)19(16,17)13-7-1-2-8-13/h3-6H,1-2,7-9H2,(H,14,15). The fourth-order valence-electron chi connectivity index (χ4n) is 1.93. The van der Waals surface area contributed by atoms with Crippen LogP contribution in [0.1, 0.15) is 12.8 Å². The molecule has 0 spiro atoms. The molecular formula is C12H15NO4S2. The molecule has 104 valence electrons. The van der Waals surface area contributed by atoms with Gasteiger partial charge in [-0.3, -0.25) is 4.79 Å². The van der Waals surface area contributed by atoms with Gasteiger partial charge in [-0.2, -0.15) is 4.31 Å². The van der Waals surface area contributed by atoms with Crippen molar-refractivity contribution in [1.82, 2.24) is 4.31 Å².